The molecule has 0 amide bonds. The molecule has 28 heavy (non-hydrogen) atoms. The minimum Gasteiger partial charge on any atom is -0.465 e. The number of benzene rings is 1. The normalized spacial score (nSPS) is 17.6. The summed E-state index contributed by atoms with van der Waals surface area (Å²) in [5.41, 5.74) is 7.07. The van der Waals surface area contributed by atoms with E-state index < -0.39 is 17.6 Å². The molecule has 1 aromatic heterocycles. The van der Waals surface area contributed by atoms with Crippen LogP contribution in [0.3, 0.4) is 0 Å². The molecule has 4 rings (SSSR count). The van der Waals surface area contributed by atoms with Gasteiger partial charge in [-0.15, -0.1) is 0 Å². The van der Waals surface area contributed by atoms with Crippen molar-refractivity contribution in [1.29, 1.82) is 0 Å². The van der Waals surface area contributed by atoms with Crippen LogP contribution in [0.1, 0.15) is 48.2 Å². The highest BCUT2D eigenvalue weighted by Crippen LogP contribution is 2.41. The standard InChI is InChI=1S/C20H20FN3O4/c1-26-19(25)13-6-5-12(9-14(13)21)17-18(22)24-15(10-23-17)16-11-27-20(28-16)7-3-2-4-8-20/h5-6,9-11H,2-4,7-8H2,1H3,(H2,22,24). The van der Waals surface area contributed by atoms with E-state index in [-0.39, 0.29) is 11.4 Å². The average Bonchev–Trinajstić information content (AvgIpc) is 3.11. The van der Waals surface area contributed by atoms with Gasteiger partial charge in [0.1, 0.15) is 23.5 Å². The zero-order valence-corrected chi connectivity index (χ0v) is 15.4. The molecule has 146 valence electrons. The molecule has 7 nitrogen and oxygen atoms in total. The van der Waals surface area contributed by atoms with Gasteiger partial charge >= 0.3 is 5.97 Å². The lowest BCUT2D eigenvalue weighted by molar-refractivity contribution is -0.156. The van der Waals surface area contributed by atoms with Crippen LogP contribution >= 0.6 is 0 Å². The van der Waals surface area contributed by atoms with Crippen molar-refractivity contribution in [3.05, 3.63) is 47.7 Å². The molecule has 1 aliphatic carbocycles. The molecular weight excluding hydrogens is 365 g/mol. The maximum absolute atomic E-state index is 14.2. The van der Waals surface area contributed by atoms with E-state index in [9.17, 15) is 9.18 Å². The van der Waals surface area contributed by atoms with Crippen molar-refractivity contribution in [1.82, 2.24) is 9.97 Å². The Morgan fingerprint density at radius 3 is 2.75 bits per heavy atom. The van der Waals surface area contributed by atoms with Crippen LogP contribution in [-0.4, -0.2) is 28.8 Å². The minimum absolute atomic E-state index is 0.122. The molecule has 2 aliphatic rings. The summed E-state index contributed by atoms with van der Waals surface area (Å²) in [6.45, 7) is 0. The van der Waals surface area contributed by atoms with E-state index in [0.29, 0.717) is 22.7 Å². The summed E-state index contributed by atoms with van der Waals surface area (Å²) in [5, 5.41) is 0. The number of halogens is 1. The maximum Gasteiger partial charge on any atom is 0.340 e. The second-order valence-electron chi connectivity index (χ2n) is 6.85. The largest absolute Gasteiger partial charge is 0.465 e. The first-order valence-electron chi connectivity index (χ1n) is 9.09. The highest BCUT2D eigenvalue weighted by atomic mass is 19.1. The molecule has 1 aliphatic heterocycles. The number of aromatic nitrogens is 2. The number of carbonyl (C=O) groups is 1. The number of nitrogens with two attached hydrogens (primary N) is 1. The molecule has 0 bridgehead atoms. The van der Waals surface area contributed by atoms with Crippen LogP contribution in [0.5, 0.6) is 0 Å². The molecule has 1 saturated carbocycles. The van der Waals surface area contributed by atoms with Crippen molar-refractivity contribution in [2.24, 2.45) is 0 Å². The molecule has 0 unspecified atom stereocenters. The Hall–Kier alpha value is -3.16. The SMILES string of the molecule is COC(=O)c1ccc(-c2ncc(C3=COC4(CCCCC4)O3)nc2N)cc1F. The predicted molar refractivity (Wildman–Crippen MR) is 99.1 cm³/mol. The van der Waals surface area contributed by atoms with Gasteiger partial charge in [-0.3, -0.25) is 0 Å². The van der Waals surface area contributed by atoms with E-state index >= 15 is 0 Å². The predicted octanol–water partition coefficient (Wildman–Crippen LogP) is 3.66. The summed E-state index contributed by atoms with van der Waals surface area (Å²) in [6, 6.07) is 4.05. The lowest BCUT2D eigenvalue weighted by Crippen LogP contribution is -2.32. The number of hydrogen-bond donors (Lipinski definition) is 1. The van der Waals surface area contributed by atoms with Crippen molar-refractivity contribution < 1.29 is 23.4 Å². The Bertz CT molecular complexity index is 954. The van der Waals surface area contributed by atoms with Gasteiger partial charge in [-0.2, -0.15) is 0 Å². The Balaban J connectivity index is 1.57. The number of ether oxygens (including phenoxy) is 3. The number of rotatable bonds is 3. The van der Waals surface area contributed by atoms with Crippen molar-refractivity contribution in [3.8, 4) is 11.3 Å². The quantitative estimate of drug-likeness (QED) is 0.806. The van der Waals surface area contributed by atoms with Crippen LogP contribution in [-0.2, 0) is 14.2 Å². The third-order valence-corrected chi connectivity index (χ3v) is 4.99. The topological polar surface area (TPSA) is 96.6 Å². The fourth-order valence-electron chi connectivity index (χ4n) is 3.51. The van der Waals surface area contributed by atoms with Gasteiger partial charge in [0.15, 0.2) is 11.6 Å². The summed E-state index contributed by atoms with van der Waals surface area (Å²) in [5.74, 6) is -1.46. The monoisotopic (exact) mass is 385 g/mol. The summed E-state index contributed by atoms with van der Waals surface area (Å²) < 4.78 is 30.5. The van der Waals surface area contributed by atoms with Gasteiger partial charge < -0.3 is 19.9 Å². The molecule has 1 fully saturated rings. The van der Waals surface area contributed by atoms with E-state index in [1.165, 1.54) is 31.9 Å². The zero-order valence-electron chi connectivity index (χ0n) is 15.4. The Kier molecular flexibility index (Phi) is 4.62. The molecule has 2 aromatic rings. The smallest absolute Gasteiger partial charge is 0.340 e. The zero-order chi connectivity index (χ0) is 19.7. The molecule has 0 atom stereocenters. The van der Waals surface area contributed by atoms with Crippen molar-refractivity contribution in [2.45, 2.75) is 37.9 Å². The Labute approximate surface area is 161 Å². The molecule has 1 aromatic carbocycles. The van der Waals surface area contributed by atoms with Crippen molar-refractivity contribution in [2.75, 3.05) is 12.8 Å². The summed E-state index contributed by atoms with van der Waals surface area (Å²) in [6.07, 6.45) is 8.02. The summed E-state index contributed by atoms with van der Waals surface area (Å²) in [4.78, 5) is 20.2. The summed E-state index contributed by atoms with van der Waals surface area (Å²) >= 11 is 0. The number of carbonyl (C=O) groups excluding carboxylic acids is 1. The number of methoxy groups -OCH3 is 1. The summed E-state index contributed by atoms with van der Waals surface area (Å²) in [7, 11) is 1.19. The highest BCUT2D eigenvalue weighted by Gasteiger charge is 2.40. The fourth-order valence-corrected chi connectivity index (χ4v) is 3.51. The number of hydrogen-bond acceptors (Lipinski definition) is 7. The van der Waals surface area contributed by atoms with Crippen LogP contribution in [0.4, 0.5) is 10.2 Å². The first-order chi connectivity index (χ1) is 13.5. The minimum atomic E-state index is -0.750. The molecule has 2 heterocycles. The number of anilines is 1. The fraction of sp³-hybridized carbons (Fsp3) is 0.350. The van der Waals surface area contributed by atoms with Crippen LogP contribution < -0.4 is 5.73 Å². The first-order valence-corrected chi connectivity index (χ1v) is 9.09. The second kappa shape index (κ2) is 7.10. The van der Waals surface area contributed by atoms with Crippen molar-refractivity contribution >= 4 is 17.5 Å². The van der Waals surface area contributed by atoms with Crippen LogP contribution in [0, 0.1) is 5.82 Å². The Morgan fingerprint density at radius 1 is 1.29 bits per heavy atom. The molecule has 8 heteroatoms. The number of esters is 1. The molecule has 1 spiro atoms. The van der Waals surface area contributed by atoms with E-state index in [0.717, 1.165) is 25.7 Å². The highest BCUT2D eigenvalue weighted by molar-refractivity contribution is 5.90. The number of nitrogen functional groups attached to an aromatic ring is 1. The molecule has 2 N–H and O–H groups in total. The van der Waals surface area contributed by atoms with Crippen molar-refractivity contribution in [3.63, 3.8) is 0 Å². The van der Waals surface area contributed by atoms with E-state index in [2.05, 4.69) is 14.7 Å². The van der Waals surface area contributed by atoms with Gasteiger partial charge in [0.05, 0.1) is 18.9 Å². The van der Waals surface area contributed by atoms with Gasteiger partial charge in [0.2, 0.25) is 0 Å². The van der Waals surface area contributed by atoms with Crippen LogP contribution in [0.15, 0.2) is 30.7 Å². The van der Waals surface area contributed by atoms with E-state index in [1.54, 1.807) is 12.3 Å². The van der Waals surface area contributed by atoms with Gasteiger partial charge in [-0.1, -0.05) is 12.5 Å². The third kappa shape index (κ3) is 3.26. The average molecular weight is 385 g/mol. The molecule has 0 saturated heterocycles. The second-order valence-corrected chi connectivity index (χ2v) is 6.85. The van der Waals surface area contributed by atoms with Gasteiger partial charge in [0.25, 0.3) is 5.79 Å². The lowest BCUT2D eigenvalue weighted by atomic mass is 9.94. The van der Waals surface area contributed by atoms with Gasteiger partial charge in [-0.25, -0.2) is 19.2 Å². The van der Waals surface area contributed by atoms with Gasteiger partial charge in [-0.05, 0) is 25.0 Å². The first kappa shape index (κ1) is 18.2. The number of nitrogens with zero attached hydrogens (tertiary/aromatic N) is 2. The van der Waals surface area contributed by atoms with E-state index in [1.807, 2.05) is 0 Å². The lowest BCUT2D eigenvalue weighted by Gasteiger charge is -2.31. The molecular formula is C20H20FN3O4. The maximum atomic E-state index is 14.2. The third-order valence-electron chi connectivity index (χ3n) is 4.99. The van der Waals surface area contributed by atoms with Gasteiger partial charge in [0, 0.05) is 18.4 Å². The van der Waals surface area contributed by atoms with E-state index in [4.69, 9.17) is 15.2 Å². The molecule has 0 radical (unpaired) electrons. The van der Waals surface area contributed by atoms with Crippen LogP contribution in [0.25, 0.3) is 17.0 Å². The Morgan fingerprint density at radius 2 is 2.07 bits per heavy atom. The van der Waals surface area contributed by atoms with Crippen LogP contribution in [0.2, 0.25) is 0 Å².